The van der Waals surface area contributed by atoms with Gasteiger partial charge in [-0.3, -0.25) is 0 Å². The zero-order valence-electron chi connectivity index (χ0n) is 35.7. The summed E-state index contributed by atoms with van der Waals surface area (Å²) in [5.74, 6) is 0.314. The summed E-state index contributed by atoms with van der Waals surface area (Å²) in [6.45, 7) is 0. The zero-order chi connectivity index (χ0) is 43.8. The average molecular weight is 847 g/mol. The van der Waals surface area contributed by atoms with Gasteiger partial charge in [0.1, 0.15) is 5.82 Å². The maximum absolute atomic E-state index is 14.4. The van der Waals surface area contributed by atoms with Gasteiger partial charge in [0.25, 0.3) is 0 Å². The molecular weight excluding hydrogens is 808 g/mol. The quantitative estimate of drug-likeness (QED) is 0.150. The average Bonchev–Trinajstić information content (AvgIpc) is 3.88. The predicted octanol–water partition coefficient (Wildman–Crippen LogP) is 15.5. The van der Waals surface area contributed by atoms with Crippen molar-refractivity contribution in [3.63, 3.8) is 0 Å². The van der Waals surface area contributed by atoms with Gasteiger partial charge in [-0.2, -0.15) is 0 Å². The lowest BCUT2D eigenvalue weighted by atomic mass is 9.67. The van der Waals surface area contributed by atoms with E-state index in [0.29, 0.717) is 5.82 Å². The molecule has 0 radical (unpaired) electrons. The molecule has 0 spiro atoms. The predicted molar refractivity (Wildman–Crippen MR) is 269 cm³/mol. The number of para-hydroxylation sites is 1. The van der Waals surface area contributed by atoms with Crippen LogP contribution in [0.15, 0.2) is 237 Å². The first-order valence-corrected chi connectivity index (χ1v) is 22.3. The van der Waals surface area contributed by atoms with Gasteiger partial charge in [-0.1, -0.05) is 170 Å². The number of nitrogens with zero attached hydrogens (tertiary/aromatic N) is 4. The lowest BCUT2D eigenvalue weighted by Gasteiger charge is -2.34. The molecule has 0 atom stereocenters. The highest BCUT2D eigenvalue weighted by Crippen LogP contribution is 2.56. The van der Waals surface area contributed by atoms with Crippen LogP contribution >= 0.6 is 0 Å². The molecule has 10 aromatic carbocycles. The molecule has 0 saturated heterocycles. The molecule has 2 aromatic heterocycles. The zero-order valence-corrected chi connectivity index (χ0v) is 35.7. The fraction of sp³-hybridized carbons (Fsp3) is 0.0164. The molecule has 5 heteroatoms. The molecule has 12 aromatic rings. The Morgan fingerprint density at radius 3 is 1.79 bits per heavy atom. The maximum Gasteiger partial charge on any atom is 0.159 e. The second-order valence-corrected chi connectivity index (χ2v) is 17.1. The molecule has 2 heterocycles. The molecule has 13 rings (SSSR count). The number of anilines is 3. The molecule has 0 unspecified atom stereocenters. The monoisotopic (exact) mass is 846 g/mol. The van der Waals surface area contributed by atoms with Crippen molar-refractivity contribution in [3.8, 4) is 28.2 Å². The summed E-state index contributed by atoms with van der Waals surface area (Å²) < 4.78 is 16.8. The highest BCUT2D eigenvalue weighted by molar-refractivity contribution is 6.15. The Bertz CT molecular complexity index is 3780. The van der Waals surface area contributed by atoms with Gasteiger partial charge in [0.15, 0.2) is 5.82 Å². The van der Waals surface area contributed by atoms with E-state index < -0.39 is 5.41 Å². The topological polar surface area (TPSA) is 34.0 Å². The van der Waals surface area contributed by atoms with E-state index in [1.807, 2.05) is 12.4 Å². The minimum Gasteiger partial charge on any atom is -0.309 e. The molecule has 0 aliphatic heterocycles. The largest absolute Gasteiger partial charge is 0.309 e. The van der Waals surface area contributed by atoms with E-state index in [9.17, 15) is 4.39 Å². The molecule has 0 amide bonds. The SMILES string of the molecule is Fc1ccc(N(c2cnc(-c3ccc4c5ccccc5n(-c5ccc6c(c5)C(c5ccccc5)(c5ccccc5)c5ccccc5-6)c4c3)nc2)c2cc3ccccc3c3ccccc23)cc1. The van der Waals surface area contributed by atoms with E-state index in [2.05, 4.69) is 210 Å². The maximum atomic E-state index is 14.4. The lowest BCUT2D eigenvalue weighted by Crippen LogP contribution is -2.28. The van der Waals surface area contributed by atoms with Gasteiger partial charge < -0.3 is 9.47 Å². The number of aromatic nitrogens is 3. The Morgan fingerprint density at radius 2 is 1.03 bits per heavy atom. The van der Waals surface area contributed by atoms with Gasteiger partial charge in [-0.15, -0.1) is 0 Å². The molecule has 0 N–H and O–H groups in total. The van der Waals surface area contributed by atoms with Crippen molar-refractivity contribution in [2.45, 2.75) is 5.41 Å². The molecule has 0 saturated carbocycles. The van der Waals surface area contributed by atoms with Crippen LogP contribution in [0.3, 0.4) is 0 Å². The second kappa shape index (κ2) is 15.0. The van der Waals surface area contributed by atoms with Crippen LogP contribution in [0.5, 0.6) is 0 Å². The fourth-order valence-electron chi connectivity index (χ4n) is 10.8. The van der Waals surface area contributed by atoms with Crippen LogP contribution < -0.4 is 4.90 Å². The minimum atomic E-state index is -0.523. The van der Waals surface area contributed by atoms with Crippen LogP contribution in [0.4, 0.5) is 21.5 Å². The van der Waals surface area contributed by atoms with Crippen molar-refractivity contribution in [2.24, 2.45) is 0 Å². The van der Waals surface area contributed by atoms with Crippen molar-refractivity contribution in [1.29, 1.82) is 0 Å². The summed E-state index contributed by atoms with van der Waals surface area (Å²) in [6, 6.07) is 78.6. The van der Waals surface area contributed by atoms with Crippen LogP contribution in [0, 0.1) is 5.82 Å². The molecule has 310 valence electrons. The molecule has 0 fully saturated rings. The van der Waals surface area contributed by atoms with Crippen LogP contribution in [-0.2, 0) is 5.41 Å². The molecule has 1 aliphatic carbocycles. The van der Waals surface area contributed by atoms with Gasteiger partial charge in [0.05, 0.1) is 40.2 Å². The van der Waals surface area contributed by atoms with Crippen LogP contribution in [0.25, 0.3) is 71.6 Å². The van der Waals surface area contributed by atoms with Crippen molar-refractivity contribution < 1.29 is 4.39 Å². The molecule has 4 nitrogen and oxygen atoms in total. The van der Waals surface area contributed by atoms with E-state index in [4.69, 9.17) is 9.97 Å². The Hall–Kier alpha value is -8.67. The Kier molecular flexibility index (Phi) is 8.58. The molecule has 0 bridgehead atoms. The molecular formula is C61H39FN4. The highest BCUT2D eigenvalue weighted by atomic mass is 19.1. The minimum absolute atomic E-state index is 0.293. The molecule has 1 aliphatic rings. The number of fused-ring (bicyclic) bond motifs is 9. The number of rotatable bonds is 7. The van der Waals surface area contributed by atoms with Crippen molar-refractivity contribution in [3.05, 3.63) is 265 Å². The van der Waals surface area contributed by atoms with E-state index >= 15 is 0 Å². The van der Waals surface area contributed by atoms with Gasteiger partial charge in [0.2, 0.25) is 0 Å². The normalized spacial score (nSPS) is 12.7. The van der Waals surface area contributed by atoms with Crippen molar-refractivity contribution >= 4 is 60.4 Å². The first-order chi connectivity index (χ1) is 32.6. The summed E-state index contributed by atoms with van der Waals surface area (Å²) in [4.78, 5) is 12.2. The summed E-state index contributed by atoms with van der Waals surface area (Å²) in [7, 11) is 0. The van der Waals surface area contributed by atoms with E-state index in [1.165, 1.54) is 56.3 Å². The summed E-state index contributed by atoms with van der Waals surface area (Å²) in [5, 5.41) is 6.82. The van der Waals surface area contributed by atoms with E-state index in [0.717, 1.165) is 60.9 Å². The van der Waals surface area contributed by atoms with Gasteiger partial charge >= 0.3 is 0 Å². The second-order valence-electron chi connectivity index (χ2n) is 17.1. The van der Waals surface area contributed by atoms with Gasteiger partial charge in [-0.25, -0.2) is 14.4 Å². The third kappa shape index (κ3) is 5.70. The van der Waals surface area contributed by atoms with Crippen molar-refractivity contribution in [2.75, 3.05) is 4.90 Å². The Morgan fingerprint density at radius 1 is 0.424 bits per heavy atom. The number of hydrogen-bond donors (Lipinski definition) is 0. The summed E-state index contributed by atoms with van der Waals surface area (Å²) in [6.07, 6.45) is 3.75. The van der Waals surface area contributed by atoms with Crippen LogP contribution in [-0.4, -0.2) is 14.5 Å². The van der Waals surface area contributed by atoms with Gasteiger partial charge in [0, 0.05) is 33.1 Å². The fourth-order valence-corrected chi connectivity index (χ4v) is 10.8. The van der Waals surface area contributed by atoms with Gasteiger partial charge in [-0.05, 0) is 104 Å². The molecule has 66 heavy (non-hydrogen) atoms. The Balaban J connectivity index is 0.973. The third-order valence-electron chi connectivity index (χ3n) is 13.6. The Labute approximate surface area is 381 Å². The highest BCUT2D eigenvalue weighted by Gasteiger charge is 2.46. The smallest absolute Gasteiger partial charge is 0.159 e. The summed E-state index contributed by atoms with van der Waals surface area (Å²) in [5.41, 5.74) is 13.7. The number of benzene rings is 10. The van der Waals surface area contributed by atoms with Crippen LogP contribution in [0.1, 0.15) is 22.3 Å². The standard InChI is InChI=1S/C61H39FN4/c62-44-28-30-45(31-29-44)65(58-35-40-15-7-8-20-48(40)49-21-9-10-23-52(49)58)47-38-63-60(64-39-47)41-27-33-54-53-24-12-14-26-57(53)66(59(54)36-41)46-32-34-51-50-22-11-13-25-55(50)61(56(51)37-46,42-16-3-1-4-17-42)43-18-5-2-6-19-43/h1-39H. The van der Waals surface area contributed by atoms with E-state index in [1.54, 1.807) is 12.1 Å². The lowest BCUT2D eigenvalue weighted by molar-refractivity contribution is 0.628. The number of halogens is 1. The third-order valence-corrected chi connectivity index (χ3v) is 13.6. The summed E-state index contributed by atoms with van der Waals surface area (Å²) >= 11 is 0. The van der Waals surface area contributed by atoms with E-state index in [-0.39, 0.29) is 5.82 Å². The van der Waals surface area contributed by atoms with Crippen molar-refractivity contribution in [1.82, 2.24) is 14.5 Å². The number of hydrogen-bond acceptors (Lipinski definition) is 3. The van der Waals surface area contributed by atoms with Crippen LogP contribution in [0.2, 0.25) is 0 Å². The first-order valence-electron chi connectivity index (χ1n) is 22.3. The first kappa shape index (κ1) is 37.8.